The first-order valence-electron chi connectivity index (χ1n) is 6.11. The average molecular weight is 220 g/mol. The van der Waals surface area contributed by atoms with E-state index in [2.05, 4.69) is 56.9 Å². The van der Waals surface area contributed by atoms with Gasteiger partial charge in [0.15, 0.2) is 0 Å². The first kappa shape index (κ1) is 13.0. The van der Waals surface area contributed by atoms with Crippen LogP contribution in [0.25, 0.3) is 0 Å². The van der Waals surface area contributed by atoms with Crippen molar-refractivity contribution in [2.75, 3.05) is 18.0 Å². The molecule has 0 unspecified atom stereocenters. The predicted molar refractivity (Wildman–Crippen MR) is 71.9 cm³/mol. The summed E-state index contributed by atoms with van der Waals surface area (Å²) >= 11 is 0. The van der Waals surface area contributed by atoms with Gasteiger partial charge in [-0.2, -0.15) is 0 Å². The first-order chi connectivity index (χ1) is 7.54. The van der Waals surface area contributed by atoms with Crippen molar-refractivity contribution in [3.8, 4) is 0 Å². The molecule has 0 heterocycles. The summed E-state index contributed by atoms with van der Waals surface area (Å²) in [6.45, 7) is 10.6. The standard InChI is InChI=1S/C14H24N2/c1-5-16(10-14(15)11(2)3)13-8-6-7-12(4)9-13/h6-9,11,14H,5,10,15H2,1-4H3/t14-/m1/s1. The van der Waals surface area contributed by atoms with Gasteiger partial charge in [0.1, 0.15) is 0 Å². The van der Waals surface area contributed by atoms with Crippen molar-refractivity contribution in [3.05, 3.63) is 29.8 Å². The third kappa shape index (κ3) is 3.53. The Morgan fingerprint density at radius 3 is 2.50 bits per heavy atom. The van der Waals surface area contributed by atoms with Gasteiger partial charge < -0.3 is 10.6 Å². The number of aryl methyl sites for hydroxylation is 1. The summed E-state index contributed by atoms with van der Waals surface area (Å²) in [4.78, 5) is 2.34. The van der Waals surface area contributed by atoms with Crippen LogP contribution in [0.2, 0.25) is 0 Å². The Labute approximate surface area is 99.5 Å². The minimum Gasteiger partial charge on any atom is -0.370 e. The molecule has 2 heteroatoms. The molecule has 1 aromatic rings. The number of hydrogen-bond acceptors (Lipinski definition) is 2. The van der Waals surface area contributed by atoms with Crippen LogP contribution in [0, 0.1) is 12.8 Å². The Kier molecular flexibility index (Phi) is 4.81. The van der Waals surface area contributed by atoms with E-state index in [-0.39, 0.29) is 6.04 Å². The van der Waals surface area contributed by atoms with Crippen molar-refractivity contribution in [2.45, 2.75) is 33.7 Å². The Morgan fingerprint density at radius 2 is 2.00 bits per heavy atom. The molecule has 0 spiro atoms. The monoisotopic (exact) mass is 220 g/mol. The fourth-order valence-electron chi connectivity index (χ4n) is 1.71. The van der Waals surface area contributed by atoms with Crippen molar-refractivity contribution < 1.29 is 0 Å². The Balaban J connectivity index is 2.74. The van der Waals surface area contributed by atoms with Crippen LogP contribution in [0.4, 0.5) is 5.69 Å². The molecular formula is C14H24N2. The average Bonchev–Trinajstić information content (AvgIpc) is 2.25. The second-order valence-corrected chi connectivity index (χ2v) is 4.79. The quantitative estimate of drug-likeness (QED) is 0.826. The van der Waals surface area contributed by atoms with E-state index in [1.807, 2.05) is 0 Å². The summed E-state index contributed by atoms with van der Waals surface area (Å²) < 4.78 is 0. The van der Waals surface area contributed by atoms with Gasteiger partial charge in [-0.3, -0.25) is 0 Å². The van der Waals surface area contributed by atoms with Crippen molar-refractivity contribution >= 4 is 5.69 Å². The minimum atomic E-state index is 0.237. The number of nitrogens with two attached hydrogens (primary N) is 1. The predicted octanol–water partition coefficient (Wildman–Crippen LogP) is 2.80. The molecule has 0 aliphatic heterocycles. The van der Waals surface area contributed by atoms with Crippen molar-refractivity contribution in [1.29, 1.82) is 0 Å². The maximum atomic E-state index is 6.13. The molecule has 2 N–H and O–H groups in total. The molecule has 16 heavy (non-hydrogen) atoms. The fraction of sp³-hybridized carbons (Fsp3) is 0.571. The van der Waals surface area contributed by atoms with Crippen LogP contribution in [0.15, 0.2) is 24.3 Å². The first-order valence-corrected chi connectivity index (χ1v) is 6.11. The number of likely N-dealkylation sites (N-methyl/N-ethyl adjacent to an activating group) is 1. The molecule has 0 fully saturated rings. The highest BCUT2D eigenvalue weighted by Crippen LogP contribution is 2.16. The number of benzene rings is 1. The van der Waals surface area contributed by atoms with Gasteiger partial charge in [-0.25, -0.2) is 0 Å². The van der Waals surface area contributed by atoms with E-state index in [0.717, 1.165) is 13.1 Å². The molecule has 0 saturated heterocycles. The zero-order valence-corrected chi connectivity index (χ0v) is 10.9. The molecule has 0 amide bonds. The van der Waals surface area contributed by atoms with Gasteiger partial charge >= 0.3 is 0 Å². The lowest BCUT2D eigenvalue weighted by atomic mass is 10.0. The fourth-order valence-corrected chi connectivity index (χ4v) is 1.71. The molecular weight excluding hydrogens is 196 g/mol. The van der Waals surface area contributed by atoms with E-state index in [1.54, 1.807) is 0 Å². The summed E-state index contributed by atoms with van der Waals surface area (Å²) in [6.07, 6.45) is 0. The van der Waals surface area contributed by atoms with Crippen LogP contribution in [-0.4, -0.2) is 19.1 Å². The molecule has 90 valence electrons. The highest BCUT2D eigenvalue weighted by molar-refractivity contribution is 5.48. The molecule has 1 atom stereocenters. The topological polar surface area (TPSA) is 29.3 Å². The van der Waals surface area contributed by atoms with E-state index >= 15 is 0 Å². The van der Waals surface area contributed by atoms with Crippen LogP contribution in [0.5, 0.6) is 0 Å². The summed E-state index contributed by atoms with van der Waals surface area (Å²) in [6, 6.07) is 8.84. The number of nitrogens with zero attached hydrogens (tertiary/aromatic N) is 1. The zero-order valence-electron chi connectivity index (χ0n) is 10.9. The highest BCUT2D eigenvalue weighted by atomic mass is 15.1. The van der Waals surface area contributed by atoms with Gasteiger partial charge in [0, 0.05) is 24.8 Å². The van der Waals surface area contributed by atoms with E-state index in [1.165, 1.54) is 11.3 Å². The maximum Gasteiger partial charge on any atom is 0.0369 e. The van der Waals surface area contributed by atoms with Crippen molar-refractivity contribution in [1.82, 2.24) is 0 Å². The lowest BCUT2D eigenvalue weighted by Crippen LogP contribution is -2.40. The van der Waals surface area contributed by atoms with Crippen LogP contribution in [0.1, 0.15) is 26.3 Å². The molecule has 1 aromatic carbocycles. The van der Waals surface area contributed by atoms with Crippen LogP contribution in [-0.2, 0) is 0 Å². The van der Waals surface area contributed by atoms with E-state index in [0.29, 0.717) is 5.92 Å². The van der Waals surface area contributed by atoms with Crippen molar-refractivity contribution in [2.24, 2.45) is 11.7 Å². The Bertz CT molecular complexity index is 320. The van der Waals surface area contributed by atoms with Gasteiger partial charge in [-0.05, 0) is 37.5 Å². The van der Waals surface area contributed by atoms with Gasteiger partial charge in [0.25, 0.3) is 0 Å². The lowest BCUT2D eigenvalue weighted by Gasteiger charge is -2.28. The third-order valence-corrected chi connectivity index (χ3v) is 3.04. The van der Waals surface area contributed by atoms with Crippen LogP contribution >= 0.6 is 0 Å². The summed E-state index contributed by atoms with van der Waals surface area (Å²) in [5.74, 6) is 0.527. The molecule has 0 aliphatic rings. The largest absolute Gasteiger partial charge is 0.370 e. The Hall–Kier alpha value is -1.02. The number of rotatable bonds is 5. The normalized spacial score (nSPS) is 12.9. The zero-order chi connectivity index (χ0) is 12.1. The van der Waals surface area contributed by atoms with Gasteiger partial charge in [-0.1, -0.05) is 26.0 Å². The second-order valence-electron chi connectivity index (χ2n) is 4.79. The van der Waals surface area contributed by atoms with E-state index < -0.39 is 0 Å². The maximum absolute atomic E-state index is 6.13. The molecule has 0 radical (unpaired) electrons. The number of anilines is 1. The molecule has 0 bridgehead atoms. The summed E-state index contributed by atoms with van der Waals surface area (Å²) in [5, 5.41) is 0. The lowest BCUT2D eigenvalue weighted by molar-refractivity contribution is 0.487. The van der Waals surface area contributed by atoms with E-state index in [4.69, 9.17) is 5.73 Å². The third-order valence-electron chi connectivity index (χ3n) is 3.04. The second kappa shape index (κ2) is 5.90. The summed E-state index contributed by atoms with van der Waals surface area (Å²) in [7, 11) is 0. The SMILES string of the molecule is CCN(C[C@@H](N)C(C)C)c1cccc(C)c1. The highest BCUT2D eigenvalue weighted by Gasteiger charge is 2.12. The molecule has 2 nitrogen and oxygen atoms in total. The van der Waals surface area contributed by atoms with Gasteiger partial charge in [-0.15, -0.1) is 0 Å². The smallest absolute Gasteiger partial charge is 0.0369 e. The van der Waals surface area contributed by atoms with Gasteiger partial charge in [0.2, 0.25) is 0 Å². The molecule has 0 aliphatic carbocycles. The number of hydrogen-bond donors (Lipinski definition) is 1. The minimum absolute atomic E-state index is 0.237. The molecule has 0 aromatic heterocycles. The molecule has 1 rings (SSSR count). The van der Waals surface area contributed by atoms with E-state index in [9.17, 15) is 0 Å². The van der Waals surface area contributed by atoms with Crippen LogP contribution in [0.3, 0.4) is 0 Å². The molecule has 0 saturated carbocycles. The van der Waals surface area contributed by atoms with Crippen molar-refractivity contribution in [3.63, 3.8) is 0 Å². The summed E-state index contributed by atoms with van der Waals surface area (Å²) in [5.41, 5.74) is 8.70. The Morgan fingerprint density at radius 1 is 1.31 bits per heavy atom. The van der Waals surface area contributed by atoms with Crippen LogP contribution < -0.4 is 10.6 Å². The van der Waals surface area contributed by atoms with Gasteiger partial charge in [0.05, 0.1) is 0 Å².